The number of amides is 1. The Balaban J connectivity index is 1.54. The molecule has 0 bridgehead atoms. The Labute approximate surface area is 133 Å². The third-order valence-electron chi connectivity index (χ3n) is 3.66. The van der Waals surface area contributed by atoms with Crippen molar-refractivity contribution >= 4 is 28.6 Å². The van der Waals surface area contributed by atoms with Gasteiger partial charge in [0.05, 0.1) is 15.6 Å². The minimum Gasteiger partial charge on any atom is -0.335 e. The van der Waals surface area contributed by atoms with Crippen LogP contribution in [0.15, 0.2) is 17.5 Å². The molecule has 21 heavy (non-hydrogen) atoms. The summed E-state index contributed by atoms with van der Waals surface area (Å²) in [6.07, 6.45) is 0. The van der Waals surface area contributed by atoms with Crippen molar-refractivity contribution in [2.45, 2.75) is 20.4 Å². The highest BCUT2D eigenvalue weighted by Crippen LogP contribution is 2.19. The molecule has 1 aliphatic rings. The van der Waals surface area contributed by atoms with Crippen LogP contribution in [-0.2, 0) is 6.54 Å². The maximum absolute atomic E-state index is 12.4. The van der Waals surface area contributed by atoms with Crippen LogP contribution in [0.1, 0.15) is 25.3 Å². The first-order valence-corrected chi connectivity index (χ1v) is 8.80. The highest BCUT2D eigenvalue weighted by molar-refractivity contribution is 7.13. The van der Waals surface area contributed by atoms with Crippen LogP contribution in [0.2, 0.25) is 0 Å². The molecule has 1 saturated heterocycles. The Morgan fingerprint density at radius 3 is 2.57 bits per heavy atom. The van der Waals surface area contributed by atoms with Crippen molar-refractivity contribution in [1.29, 1.82) is 0 Å². The molecule has 0 aliphatic carbocycles. The van der Waals surface area contributed by atoms with Gasteiger partial charge in [0.25, 0.3) is 5.91 Å². The van der Waals surface area contributed by atoms with E-state index in [2.05, 4.69) is 15.3 Å². The second kappa shape index (κ2) is 6.25. The lowest BCUT2D eigenvalue weighted by molar-refractivity contribution is 0.0632. The molecule has 0 spiro atoms. The van der Waals surface area contributed by atoms with E-state index in [1.165, 1.54) is 4.88 Å². The Bertz CT molecular complexity index is 626. The predicted molar refractivity (Wildman–Crippen MR) is 87.1 cm³/mol. The number of carbonyl (C=O) groups excluding carboxylic acids is 1. The molecule has 0 radical (unpaired) electrons. The fourth-order valence-electron chi connectivity index (χ4n) is 2.52. The quantitative estimate of drug-likeness (QED) is 0.872. The largest absolute Gasteiger partial charge is 0.335 e. The van der Waals surface area contributed by atoms with E-state index in [9.17, 15) is 4.79 Å². The second-order valence-corrected chi connectivity index (χ2v) is 7.69. The van der Waals surface area contributed by atoms with Gasteiger partial charge in [0.2, 0.25) is 0 Å². The molecule has 1 fully saturated rings. The molecule has 112 valence electrons. The monoisotopic (exact) mass is 321 g/mol. The van der Waals surface area contributed by atoms with E-state index < -0.39 is 0 Å². The number of aromatic nitrogens is 1. The molecule has 0 N–H and O–H groups in total. The Kier molecular flexibility index (Phi) is 4.37. The first kappa shape index (κ1) is 14.7. The molecule has 3 rings (SSSR count). The van der Waals surface area contributed by atoms with E-state index in [1.807, 2.05) is 30.9 Å². The molecule has 2 aromatic rings. The van der Waals surface area contributed by atoms with Gasteiger partial charge < -0.3 is 4.90 Å². The van der Waals surface area contributed by atoms with Crippen LogP contribution in [0.4, 0.5) is 0 Å². The molecule has 0 aromatic carbocycles. The van der Waals surface area contributed by atoms with Gasteiger partial charge in [-0.05, 0) is 26.0 Å². The SMILES string of the molecule is Cc1ccc(C(=O)N2CCN(Cc3csc(C)n3)CC2)s1. The zero-order chi connectivity index (χ0) is 14.8. The molecule has 4 nitrogen and oxygen atoms in total. The molecule has 6 heteroatoms. The van der Waals surface area contributed by atoms with Crippen LogP contribution < -0.4 is 0 Å². The van der Waals surface area contributed by atoms with Gasteiger partial charge in [-0.15, -0.1) is 22.7 Å². The fourth-order valence-corrected chi connectivity index (χ4v) is 3.96. The van der Waals surface area contributed by atoms with Crippen LogP contribution in [0.3, 0.4) is 0 Å². The number of nitrogens with zero attached hydrogens (tertiary/aromatic N) is 3. The lowest BCUT2D eigenvalue weighted by Gasteiger charge is -2.34. The number of carbonyl (C=O) groups is 1. The fraction of sp³-hybridized carbons (Fsp3) is 0.467. The van der Waals surface area contributed by atoms with Crippen molar-refractivity contribution in [3.05, 3.63) is 38.0 Å². The summed E-state index contributed by atoms with van der Waals surface area (Å²) in [5, 5.41) is 3.24. The second-order valence-electron chi connectivity index (χ2n) is 5.34. The summed E-state index contributed by atoms with van der Waals surface area (Å²) >= 11 is 3.28. The number of rotatable bonds is 3. The number of thiophene rings is 1. The summed E-state index contributed by atoms with van der Waals surface area (Å²) in [6, 6.07) is 3.95. The van der Waals surface area contributed by atoms with Crippen molar-refractivity contribution in [2.75, 3.05) is 26.2 Å². The van der Waals surface area contributed by atoms with Gasteiger partial charge in [-0.3, -0.25) is 9.69 Å². The van der Waals surface area contributed by atoms with Crippen molar-refractivity contribution in [3.63, 3.8) is 0 Å². The van der Waals surface area contributed by atoms with Crippen molar-refractivity contribution in [2.24, 2.45) is 0 Å². The molecule has 0 unspecified atom stereocenters. The standard InChI is InChI=1S/C15H19N3OS2/c1-11-3-4-14(21-11)15(19)18-7-5-17(6-8-18)9-13-10-20-12(2)16-13/h3-4,10H,5-9H2,1-2H3. The van der Waals surface area contributed by atoms with E-state index in [0.29, 0.717) is 0 Å². The maximum Gasteiger partial charge on any atom is 0.264 e. The molecule has 1 amide bonds. The molecule has 1 aliphatic heterocycles. The van der Waals surface area contributed by atoms with Crippen LogP contribution in [0.25, 0.3) is 0 Å². The molecule has 3 heterocycles. The smallest absolute Gasteiger partial charge is 0.264 e. The van der Waals surface area contributed by atoms with Crippen LogP contribution >= 0.6 is 22.7 Å². The molecule has 0 saturated carbocycles. The highest BCUT2D eigenvalue weighted by atomic mass is 32.1. The first-order valence-electron chi connectivity index (χ1n) is 7.11. The van der Waals surface area contributed by atoms with Gasteiger partial charge in [-0.25, -0.2) is 4.98 Å². The number of thiazole rings is 1. The number of hydrogen-bond donors (Lipinski definition) is 0. The average Bonchev–Trinajstić information content (AvgIpc) is 3.08. The van der Waals surface area contributed by atoms with E-state index in [4.69, 9.17) is 0 Å². The van der Waals surface area contributed by atoms with Gasteiger partial charge in [-0.1, -0.05) is 0 Å². The third-order valence-corrected chi connectivity index (χ3v) is 5.47. The normalized spacial score (nSPS) is 16.4. The Morgan fingerprint density at radius 1 is 1.24 bits per heavy atom. The summed E-state index contributed by atoms with van der Waals surface area (Å²) in [6.45, 7) is 8.42. The van der Waals surface area contributed by atoms with E-state index in [-0.39, 0.29) is 5.91 Å². The van der Waals surface area contributed by atoms with Crippen molar-refractivity contribution in [3.8, 4) is 0 Å². The van der Waals surface area contributed by atoms with Gasteiger partial charge in [0.1, 0.15) is 0 Å². The number of piperazine rings is 1. The zero-order valence-electron chi connectivity index (χ0n) is 12.3. The lowest BCUT2D eigenvalue weighted by atomic mass is 10.2. The van der Waals surface area contributed by atoms with Gasteiger partial charge in [-0.2, -0.15) is 0 Å². The minimum atomic E-state index is 0.178. The zero-order valence-corrected chi connectivity index (χ0v) is 14.0. The Morgan fingerprint density at radius 2 is 2.00 bits per heavy atom. The van der Waals surface area contributed by atoms with E-state index >= 15 is 0 Å². The predicted octanol–water partition coefficient (Wildman–Crippen LogP) is 2.78. The number of hydrogen-bond acceptors (Lipinski definition) is 5. The third kappa shape index (κ3) is 3.51. The molecule has 0 atom stereocenters. The summed E-state index contributed by atoms with van der Waals surface area (Å²) < 4.78 is 0. The van der Waals surface area contributed by atoms with Crippen LogP contribution in [-0.4, -0.2) is 46.9 Å². The summed E-state index contributed by atoms with van der Waals surface area (Å²) in [7, 11) is 0. The first-order chi connectivity index (χ1) is 10.1. The van der Waals surface area contributed by atoms with E-state index in [1.54, 1.807) is 22.7 Å². The van der Waals surface area contributed by atoms with Crippen LogP contribution in [0.5, 0.6) is 0 Å². The number of aryl methyl sites for hydroxylation is 2. The molecule has 2 aromatic heterocycles. The molecular weight excluding hydrogens is 302 g/mol. The van der Waals surface area contributed by atoms with Gasteiger partial charge >= 0.3 is 0 Å². The van der Waals surface area contributed by atoms with Crippen molar-refractivity contribution < 1.29 is 4.79 Å². The Hall–Kier alpha value is -1.24. The summed E-state index contributed by atoms with van der Waals surface area (Å²) in [4.78, 5) is 23.3. The summed E-state index contributed by atoms with van der Waals surface area (Å²) in [5.74, 6) is 0.178. The topological polar surface area (TPSA) is 36.4 Å². The van der Waals surface area contributed by atoms with Crippen LogP contribution in [0, 0.1) is 13.8 Å². The highest BCUT2D eigenvalue weighted by Gasteiger charge is 2.23. The van der Waals surface area contributed by atoms with Gasteiger partial charge in [0, 0.05) is 43.0 Å². The summed E-state index contributed by atoms with van der Waals surface area (Å²) in [5.41, 5.74) is 1.14. The lowest BCUT2D eigenvalue weighted by Crippen LogP contribution is -2.48. The molecular formula is C15H19N3OS2. The van der Waals surface area contributed by atoms with Crippen molar-refractivity contribution in [1.82, 2.24) is 14.8 Å². The minimum absolute atomic E-state index is 0.178. The maximum atomic E-state index is 12.4. The van der Waals surface area contributed by atoms with Gasteiger partial charge in [0.15, 0.2) is 0 Å². The average molecular weight is 321 g/mol. The van der Waals surface area contributed by atoms with E-state index in [0.717, 1.165) is 48.3 Å².